The van der Waals surface area contributed by atoms with Crippen LogP contribution in [0.5, 0.6) is 5.75 Å². The molecule has 2 aromatic carbocycles. The minimum absolute atomic E-state index is 0.0720. The Labute approximate surface area is 136 Å². The second-order valence-corrected chi connectivity index (χ2v) is 5.81. The first-order valence-electron chi connectivity index (χ1n) is 7.00. The van der Waals surface area contributed by atoms with Crippen LogP contribution in [0.15, 0.2) is 42.5 Å². The highest BCUT2D eigenvalue weighted by molar-refractivity contribution is 6.35. The Hall–Kier alpha value is -1.38. The van der Waals surface area contributed by atoms with Gasteiger partial charge >= 0.3 is 0 Å². The summed E-state index contributed by atoms with van der Waals surface area (Å²) >= 11 is 12.1. The molecule has 112 valence electrons. The van der Waals surface area contributed by atoms with Crippen molar-refractivity contribution in [3.05, 3.63) is 58.1 Å². The van der Waals surface area contributed by atoms with E-state index >= 15 is 0 Å². The van der Waals surface area contributed by atoms with Gasteiger partial charge in [0.1, 0.15) is 11.9 Å². The van der Waals surface area contributed by atoms with E-state index in [0.717, 1.165) is 17.9 Å². The van der Waals surface area contributed by atoms with Crippen molar-refractivity contribution in [2.45, 2.75) is 26.4 Å². The summed E-state index contributed by atoms with van der Waals surface area (Å²) < 4.78 is 5.97. The van der Waals surface area contributed by atoms with Gasteiger partial charge in [-0.25, -0.2) is 0 Å². The molecule has 0 aliphatic carbocycles. The second-order valence-electron chi connectivity index (χ2n) is 4.97. The molecule has 4 heteroatoms. The summed E-state index contributed by atoms with van der Waals surface area (Å²) in [4.78, 5) is 0. The molecule has 0 aliphatic rings. The summed E-state index contributed by atoms with van der Waals surface area (Å²) in [7, 11) is 0. The second kappa shape index (κ2) is 7.58. The Kier molecular flexibility index (Phi) is 5.77. The zero-order valence-electron chi connectivity index (χ0n) is 12.2. The standard InChI is InChI=1S/C17H19Cl2NO/c1-3-14(21-15-7-4-12(2)5-8-15)11-20-17-10-13(18)6-9-16(17)19/h4-10,14,20H,3,11H2,1-2H3. The predicted molar refractivity (Wildman–Crippen MR) is 90.8 cm³/mol. The smallest absolute Gasteiger partial charge is 0.119 e. The molecule has 0 aliphatic heterocycles. The summed E-state index contributed by atoms with van der Waals surface area (Å²) in [5.74, 6) is 0.881. The van der Waals surface area contributed by atoms with Crippen LogP contribution in [-0.2, 0) is 0 Å². The lowest BCUT2D eigenvalue weighted by atomic mass is 10.2. The normalized spacial score (nSPS) is 12.0. The number of anilines is 1. The lowest BCUT2D eigenvalue weighted by Crippen LogP contribution is -2.25. The van der Waals surface area contributed by atoms with Gasteiger partial charge in [-0.05, 0) is 43.7 Å². The van der Waals surface area contributed by atoms with Crippen molar-refractivity contribution in [2.24, 2.45) is 0 Å². The Morgan fingerprint density at radius 3 is 2.48 bits per heavy atom. The molecule has 2 aromatic rings. The van der Waals surface area contributed by atoms with Gasteiger partial charge in [0.2, 0.25) is 0 Å². The van der Waals surface area contributed by atoms with Gasteiger partial charge in [0, 0.05) is 5.02 Å². The predicted octanol–water partition coefficient (Wildman–Crippen LogP) is 5.57. The molecular formula is C17H19Cl2NO. The molecule has 0 saturated carbocycles. The Morgan fingerprint density at radius 1 is 1.10 bits per heavy atom. The first-order chi connectivity index (χ1) is 10.1. The number of benzene rings is 2. The lowest BCUT2D eigenvalue weighted by Gasteiger charge is -2.19. The average Bonchev–Trinajstić information content (AvgIpc) is 2.48. The largest absolute Gasteiger partial charge is 0.489 e. The molecule has 1 atom stereocenters. The van der Waals surface area contributed by atoms with Gasteiger partial charge in [-0.2, -0.15) is 0 Å². The molecule has 2 nitrogen and oxygen atoms in total. The third-order valence-electron chi connectivity index (χ3n) is 3.23. The molecule has 0 spiro atoms. The molecule has 1 unspecified atom stereocenters. The van der Waals surface area contributed by atoms with E-state index in [0.29, 0.717) is 16.6 Å². The quantitative estimate of drug-likeness (QED) is 0.750. The van der Waals surface area contributed by atoms with Gasteiger partial charge in [-0.1, -0.05) is 47.8 Å². The molecule has 0 saturated heterocycles. The molecular weight excluding hydrogens is 305 g/mol. The fourth-order valence-corrected chi connectivity index (χ4v) is 2.29. The van der Waals surface area contributed by atoms with Crippen LogP contribution >= 0.6 is 23.2 Å². The van der Waals surface area contributed by atoms with Gasteiger partial charge in [-0.15, -0.1) is 0 Å². The Bertz CT molecular complexity index is 584. The molecule has 21 heavy (non-hydrogen) atoms. The molecule has 1 N–H and O–H groups in total. The third-order valence-corrected chi connectivity index (χ3v) is 3.79. The van der Waals surface area contributed by atoms with Crippen LogP contribution < -0.4 is 10.1 Å². The summed E-state index contributed by atoms with van der Waals surface area (Å²) in [5.41, 5.74) is 2.05. The van der Waals surface area contributed by atoms with Gasteiger partial charge in [0.15, 0.2) is 0 Å². The third kappa shape index (κ3) is 4.83. The average molecular weight is 324 g/mol. The van der Waals surface area contributed by atoms with Gasteiger partial charge < -0.3 is 10.1 Å². The highest BCUT2D eigenvalue weighted by atomic mass is 35.5. The summed E-state index contributed by atoms with van der Waals surface area (Å²) in [6.07, 6.45) is 0.974. The van der Waals surface area contributed by atoms with E-state index in [4.69, 9.17) is 27.9 Å². The number of nitrogens with one attached hydrogen (secondary N) is 1. The van der Waals surface area contributed by atoms with Crippen LogP contribution in [0, 0.1) is 6.92 Å². The van der Waals surface area contributed by atoms with Gasteiger partial charge in [-0.3, -0.25) is 0 Å². The Balaban J connectivity index is 1.96. The zero-order chi connectivity index (χ0) is 15.2. The molecule has 2 rings (SSSR count). The Morgan fingerprint density at radius 2 is 1.81 bits per heavy atom. The van der Waals surface area contributed by atoms with Crippen LogP contribution in [0.25, 0.3) is 0 Å². The minimum Gasteiger partial charge on any atom is -0.489 e. The molecule has 0 fully saturated rings. The molecule has 0 heterocycles. The SMILES string of the molecule is CCC(CNc1cc(Cl)ccc1Cl)Oc1ccc(C)cc1. The summed E-state index contributed by atoms with van der Waals surface area (Å²) in [5, 5.41) is 4.61. The van der Waals surface area contributed by atoms with Crippen molar-refractivity contribution >= 4 is 28.9 Å². The van der Waals surface area contributed by atoms with Gasteiger partial charge in [0.25, 0.3) is 0 Å². The molecule has 0 aromatic heterocycles. The van der Waals surface area contributed by atoms with E-state index in [1.165, 1.54) is 5.56 Å². The van der Waals surface area contributed by atoms with Crippen LogP contribution in [-0.4, -0.2) is 12.6 Å². The van der Waals surface area contributed by atoms with E-state index in [9.17, 15) is 0 Å². The van der Waals surface area contributed by atoms with E-state index in [2.05, 4.69) is 19.2 Å². The highest BCUT2D eigenvalue weighted by Crippen LogP contribution is 2.25. The van der Waals surface area contributed by atoms with E-state index < -0.39 is 0 Å². The number of halogens is 2. The maximum atomic E-state index is 6.14. The fraction of sp³-hybridized carbons (Fsp3) is 0.294. The number of rotatable bonds is 6. The van der Waals surface area contributed by atoms with Crippen molar-refractivity contribution in [1.82, 2.24) is 0 Å². The maximum absolute atomic E-state index is 6.14. The van der Waals surface area contributed by atoms with Crippen molar-refractivity contribution < 1.29 is 4.74 Å². The van der Waals surface area contributed by atoms with Crippen LogP contribution in [0.4, 0.5) is 5.69 Å². The highest BCUT2D eigenvalue weighted by Gasteiger charge is 2.09. The first-order valence-corrected chi connectivity index (χ1v) is 7.76. The molecule has 0 radical (unpaired) electrons. The van der Waals surface area contributed by atoms with Crippen molar-refractivity contribution in [3.63, 3.8) is 0 Å². The minimum atomic E-state index is 0.0720. The molecule has 0 amide bonds. The van der Waals surface area contributed by atoms with E-state index in [1.54, 1.807) is 12.1 Å². The fourth-order valence-electron chi connectivity index (χ4n) is 1.94. The van der Waals surface area contributed by atoms with Crippen LogP contribution in [0.2, 0.25) is 10.0 Å². The first kappa shape index (κ1) is 16.0. The summed E-state index contributed by atoms with van der Waals surface area (Å²) in [6.45, 7) is 4.83. The number of aryl methyl sites for hydroxylation is 1. The monoisotopic (exact) mass is 323 g/mol. The topological polar surface area (TPSA) is 21.3 Å². The van der Waals surface area contributed by atoms with E-state index in [1.807, 2.05) is 30.3 Å². The number of hydrogen-bond donors (Lipinski definition) is 1. The van der Waals surface area contributed by atoms with E-state index in [-0.39, 0.29) is 6.10 Å². The van der Waals surface area contributed by atoms with Crippen molar-refractivity contribution in [3.8, 4) is 5.75 Å². The molecule has 0 bridgehead atoms. The number of ether oxygens (including phenoxy) is 1. The van der Waals surface area contributed by atoms with Crippen LogP contribution in [0.3, 0.4) is 0 Å². The lowest BCUT2D eigenvalue weighted by molar-refractivity contribution is 0.210. The number of hydrogen-bond acceptors (Lipinski definition) is 2. The van der Waals surface area contributed by atoms with Gasteiger partial charge in [0.05, 0.1) is 17.3 Å². The van der Waals surface area contributed by atoms with Crippen molar-refractivity contribution in [2.75, 3.05) is 11.9 Å². The van der Waals surface area contributed by atoms with Crippen molar-refractivity contribution in [1.29, 1.82) is 0 Å². The summed E-state index contributed by atoms with van der Waals surface area (Å²) in [6, 6.07) is 13.5. The zero-order valence-corrected chi connectivity index (χ0v) is 13.7. The van der Waals surface area contributed by atoms with Crippen LogP contribution in [0.1, 0.15) is 18.9 Å². The maximum Gasteiger partial charge on any atom is 0.119 e.